The summed E-state index contributed by atoms with van der Waals surface area (Å²) >= 11 is 8.74. The van der Waals surface area contributed by atoms with Crippen molar-refractivity contribution < 1.29 is 4.79 Å². The first-order valence-electron chi connectivity index (χ1n) is 7.84. The summed E-state index contributed by atoms with van der Waals surface area (Å²) in [6.45, 7) is 5.98. The number of para-hydroxylation sites is 1. The largest absolute Gasteiger partial charge is 0.354 e. The molecular formula is C19H18BrN3OS. The zero-order valence-corrected chi connectivity index (χ0v) is 16.1. The quantitative estimate of drug-likeness (QED) is 0.661. The Labute approximate surface area is 160 Å². The van der Waals surface area contributed by atoms with Gasteiger partial charge in [-0.25, -0.2) is 0 Å². The van der Waals surface area contributed by atoms with E-state index >= 15 is 0 Å². The summed E-state index contributed by atoms with van der Waals surface area (Å²) in [5, 5.41) is 9.65. The first-order valence-corrected chi connectivity index (χ1v) is 9.04. The zero-order valence-electron chi connectivity index (χ0n) is 13.7. The average molecular weight is 416 g/mol. The van der Waals surface area contributed by atoms with Crippen molar-refractivity contribution in [2.45, 2.75) is 13.0 Å². The molecule has 3 rings (SSSR count). The van der Waals surface area contributed by atoms with Crippen LogP contribution in [0, 0.1) is 12.8 Å². The van der Waals surface area contributed by atoms with Crippen LogP contribution in [-0.2, 0) is 4.79 Å². The van der Waals surface area contributed by atoms with Gasteiger partial charge in [0.15, 0.2) is 5.11 Å². The highest BCUT2D eigenvalue weighted by Gasteiger charge is 2.36. The predicted molar refractivity (Wildman–Crippen MR) is 108 cm³/mol. The smallest absolute Gasteiger partial charge is 0.235 e. The third-order valence-electron chi connectivity index (χ3n) is 4.16. The summed E-state index contributed by atoms with van der Waals surface area (Å²) in [6.07, 6.45) is 0. The van der Waals surface area contributed by atoms with Crippen LogP contribution in [0.4, 0.5) is 5.69 Å². The second-order valence-electron chi connectivity index (χ2n) is 5.94. The van der Waals surface area contributed by atoms with Gasteiger partial charge < -0.3 is 16.0 Å². The molecule has 0 bridgehead atoms. The van der Waals surface area contributed by atoms with Crippen LogP contribution >= 0.6 is 28.1 Å². The molecule has 4 nitrogen and oxygen atoms in total. The van der Waals surface area contributed by atoms with Gasteiger partial charge in [0.1, 0.15) is 5.92 Å². The maximum Gasteiger partial charge on any atom is 0.235 e. The van der Waals surface area contributed by atoms with Gasteiger partial charge in [-0.2, -0.15) is 0 Å². The van der Waals surface area contributed by atoms with Crippen molar-refractivity contribution in [3.05, 3.63) is 76.4 Å². The standard InChI is InChI=1S/C19H18BrN3OS/c1-11-6-3-4-9-15(11)22-18(24)16-12(2)21-19(25)23-17(16)13-7-5-8-14(20)10-13/h3-10,16-17H,2H2,1H3,(H,22,24)(H2,21,23,25). The highest BCUT2D eigenvalue weighted by atomic mass is 79.9. The Hall–Kier alpha value is -2.18. The lowest BCUT2D eigenvalue weighted by Crippen LogP contribution is -2.51. The molecule has 1 amide bonds. The van der Waals surface area contributed by atoms with E-state index in [4.69, 9.17) is 12.2 Å². The maximum absolute atomic E-state index is 13.0. The molecule has 1 saturated heterocycles. The molecule has 25 heavy (non-hydrogen) atoms. The van der Waals surface area contributed by atoms with Crippen molar-refractivity contribution in [3.63, 3.8) is 0 Å². The van der Waals surface area contributed by atoms with E-state index in [2.05, 4.69) is 38.5 Å². The number of amides is 1. The van der Waals surface area contributed by atoms with E-state index in [0.29, 0.717) is 10.8 Å². The summed E-state index contributed by atoms with van der Waals surface area (Å²) < 4.78 is 0.944. The molecule has 0 radical (unpaired) electrons. The zero-order chi connectivity index (χ0) is 18.0. The summed E-state index contributed by atoms with van der Waals surface area (Å²) in [7, 11) is 0. The van der Waals surface area contributed by atoms with Crippen LogP contribution in [0.1, 0.15) is 17.2 Å². The van der Waals surface area contributed by atoms with Crippen LogP contribution in [0.5, 0.6) is 0 Å². The highest BCUT2D eigenvalue weighted by molar-refractivity contribution is 9.10. The van der Waals surface area contributed by atoms with E-state index in [-0.39, 0.29) is 11.9 Å². The number of benzene rings is 2. The van der Waals surface area contributed by atoms with Crippen molar-refractivity contribution in [1.82, 2.24) is 10.6 Å². The van der Waals surface area contributed by atoms with Crippen LogP contribution in [0.3, 0.4) is 0 Å². The van der Waals surface area contributed by atoms with Crippen molar-refractivity contribution in [3.8, 4) is 0 Å². The number of nitrogens with one attached hydrogen (secondary N) is 3. The van der Waals surface area contributed by atoms with Gasteiger partial charge in [0, 0.05) is 15.9 Å². The lowest BCUT2D eigenvalue weighted by molar-refractivity contribution is -0.119. The first kappa shape index (κ1) is 17.6. The molecule has 0 saturated carbocycles. The number of hydrogen-bond donors (Lipinski definition) is 3. The Morgan fingerprint density at radius 3 is 2.72 bits per heavy atom. The molecule has 0 aliphatic carbocycles. The number of hydrogen-bond acceptors (Lipinski definition) is 2. The fourth-order valence-electron chi connectivity index (χ4n) is 2.89. The van der Waals surface area contributed by atoms with Crippen LogP contribution < -0.4 is 16.0 Å². The fourth-order valence-corrected chi connectivity index (χ4v) is 3.57. The molecule has 1 aliphatic heterocycles. The summed E-state index contributed by atoms with van der Waals surface area (Å²) in [5.74, 6) is -0.632. The van der Waals surface area contributed by atoms with Crippen molar-refractivity contribution >= 4 is 44.9 Å². The van der Waals surface area contributed by atoms with Gasteiger partial charge in [-0.1, -0.05) is 52.8 Å². The topological polar surface area (TPSA) is 53.2 Å². The molecule has 3 N–H and O–H groups in total. The van der Waals surface area contributed by atoms with Crippen molar-refractivity contribution in [2.24, 2.45) is 5.92 Å². The normalized spacial score (nSPS) is 19.8. The summed E-state index contributed by atoms with van der Waals surface area (Å²) in [6, 6.07) is 15.2. The molecule has 1 aliphatic rings. The Kier molecular flexibility index (Phi) is 5.20. The fraction of sp³-hybridized carbons (Fsp3) is 0.158. The van der Waals surface area contributed by atoms with Gasteiger partial charge >= 0.3 is 0 Å². The number of carbonyl (C=O) groups is 1. The van der Waals surface area contributed by atoms with Crippen molar-refractivity contribution in [1.29, 1.82) is 0 Å². The number of carbonyl (C=O) groups excluding carboxylic acids is 1. The van der Waals surface area contributed by atoms with E-state index in [0.717, 1.165) is 21.3 Å². The summed E-state index contributed by atoms with van der Waals surface area (Å²) in [4.78, 5) is 13.0. The monoisotopic (exact) mass is 415 g/mol. The Bertz CT molecular complexity index is 852. The number of anilines is 1. The average Bonchev–Trinajstić information content (AvgIpc) is 2.56. The molecule has 1 fully saturated rings. The minimum Gasteiger partial charge on any atom is -0.354 e. The second-order valence-corrected chi connectivity index (χ2v) is 7.26. The van der Waals surface area contributed by atoms with Crippen LogP contribution in [-0.4, -0.2) is 11.0 Å². The lowest BCUT2D eigenvalue weighted by Gasteiger charge is -2.35. The molecule has 6 heteroatoms. The van der Waals surface area contributed by atoms with Crippen LogP contribution in [0.2, 0.25) is 0 Å². The lowest BCUT2D eigenvalue weighted by atomic mass is 9.88. The molecule has 2 aromatic rings. The van der Waals surface area contributed by atoms with E-state index < -0.39 is 5.92 Å². The Morgan fingerprint density at radius 1 is 1.24 bits per heavy atom. The molecule has 0 aromatic heterocycles. The molecule has 128 valence electrons. The van der Waals surface area contributed by atoms with Gasteiger partial charge in [-0.3, -0.25) is 4.79 Å². The van der Waals surface area contributed by atoms with Crippen molar-refractivity contribution in [2.75, 3.05) is 5.32 Å². The van der Waals surface area contributed by atoms with E-state index in [9.17, 15) is 4.79 Å². The van der Waals surface area contributed by atoms with Gasteiger partial charge in [0.25, 0.3) is 0 Å². The van der Waals surface area contributed by atoms with Gasteiger partial charge in [0.05, 0.1) is 6.04 Å². The minimum absolute atomic E-state index is 0.133. The number of aryl methyl sites for hydroxylation is 1. The molecule has 2 aromatic carbocycles. The number of thiocarbonyl (C=S) groups is 1. The number of rotatable bonds is 3. The Morgan fingerprint density at radius 2 is 2.00 bits per heavy atom. The highest BCUT2D eigenvalue weighted by Crippen LogP contribution is 2.32. The SMILES string of the molecule is C=C1NC(=S)NC(c2cccc(Br)c2)C1C(=O)Nc1ccccc1C. The molecule has 1 heterocycles. The summed E-state index contributed by atoms with van der Waals surface area (Å²) in [5.41, 5.74) is 3.35. The Balaban J connectivity index is 1.92. The van der Waals surface area contributed by atoms with Gasteiger partial charge in [0.2, 0.25) is 5.91 Å². The third kappa shape index (κ3) is 3.91. The molecule has 2 atom stereocenters. The molecular weight excluding hydrogens is 398 g/mol. The third-order valence-corrected chi connectivity index (χ3v) is 4.88. The predicted octanol–water partition coefficient (Wildman–Crippen LogP) is 4.04. The van der Waals surface area contributed by atoms with Gasteiger partial charge in [-0.05, 0) is 48.5 Å². The second kappa shape index (κ2) is 7.37. The van der Waals surface area contributed by atoms with E-state index in [1.54, 1.807) is 0 Å². The molecule has 2 unspecified atom stereocenters. The van der Waals surface area contributed by atoms with Crippen LogP contribution in [0.15, 0.2) is 65.3 Å². The maximum atomic E-state index is 13.0. The van der Waals surface area contributed by atoms with Crippen LogP contribution in [0.25, 0.3) is 0 Å². The van der Waals surface area contributed by atoms with E-state index in [1.165, 1.54) is 0 Å². The van der Waals surface area contributed by atoms with E-state index in [1.807, 2.05) is 55.5 Å². The first-order chi connectivity index (χ1) is 12.0. The minimum atomic E-state index is -0.499. The van der Waals surface area contributed by atoms with Gasteiger partial charge in [-0.15, -0.1) is 0 Å². The molecule has 0 spiro atoms. The number of halogens is 1.